The van der Waals surface area contributed by atoms with E-state index in [1.54, 1.807) is 24.3 Å². The number of hydrogen-bond acceptors (Lipinski definition) is 3. The molecule has 0 heterocycles. The molecule has 24 heavy (non-hydrogen) atoms. The Bertz CT molecular complexity index is 797. The zero-order chi connectivity index (χ0) is 17.7. The van der Waals surface area contributed by atoms with Gasteiger partial charge in [0.05, 0.1) is 11.8 Å². The first-order valence-electron chi connectivity index (χ1n) is 7.77. The summed E-state index contributed by atoms with van der Waals surface area (Å²) in [5.74, 6) is -0.445. The third-order valence-electron chi connectivity index (χ3n) is 3.82. The molecule has 0 fully saturated rings. The van der Waals surface area contributed by atoms with Crippen molar-refractivity contribution in [2.45, 2.75) is 32.1 Å². The van der Waals surface area contributed by atoms with E-state index in [0.29, 0.717) is 11.1 Å². The van der Waals surface area contributed by atoms with Crippen molar-refractivity contribution in [1.82, 2.24) is 5.32 Å². The molecule has 0 aliphatic heterocycles. The summed E-state index contributed by atoms with van der Waals surface area (Å²) in [5, 5.41) is 7.94. The summed E-state index contributed by atoms with van der Waals surface area (Å²) in [6.45, 7) is 4.02. The molecular weight excluding hydrogens is 324 g/mol. The molecule has 0 spiro atoms. The Labute approximate surface area is 142 Å². The predicted octanol–water partition coefficient (Wildman–Crippen LogP) is 2.53. The van der Waals surface area contributed by atoms with Crippen LogP contribution < -0.4 is 10.5 Å². The normalized spacial score (nSPS) is 12.6. The number of rotatable bonds is 6. The van der Waals surface area contributed by atoms with Crippen LogP contribution in [0.15, 0.2) is 48.5 Å². The molecule has 0 aliphatic rings. The fraction of sp³-hybridized carbons (Fsp3) is 0.278. The second kappa shape index (κ2) is 7.59. The van der Waals surface area contributed by atoms with Gasteiger partial charge in [0.1, 0.15) is 0 Å². The lowest BCUT2D eigenvalue weighted by molar-refractivity contribution is 0.0940. The molecule has 0 unspecified atom stereocenters. The van der Waals surface area contributed by atoms with E-state index >= 15 is 0 Å². The Morgan fingerprint density at radius 2 is 1.58 bits per heavy atom. The summed E-state index contributed by atoms with van der Waals surface area (Å²) < 4.78 is 22.1. The Hall–Kier alpha value is -2.18. The van der Waals surface area contributed by atoms with Gasteiger partial charge in [-0.2, -0.15) is 0 Å². The molecule has 0 radical (unpaired) electrons. The van der Waals surface area contributed by atoms with Crippen LogP contribution in [-0.4, -0.2) is 14.3 Å². The van der Waals surface area contributed by atoms with Crippen LogP contribution in [0.5, 0.6) is 0 Å². The highest BCUT2D eigenvalue weighted by Crippen LogP contribution is 2.15. The van der Waals surface area contributed by atoms with E-state index < -0.39 is 10.0 Å². The van der Waals surface area contributed by atoms with E-state index in [1.165, 1.54) is 5.56 Å². The average Bonchev–Trinajstić information content (AvgIpc) is 2.54. The van der Waals surface area contributed by atoms with Crippen molar-refractivity contribution in [3.63, 3.8) is 0 Å². The van der Waals surface area contributed by atoms with Crippen molar-refractivity contribution < 1.29 is 13.2 Å². The predicted molar refractivity (Wildman–Crippen MR) is 95.0 cm³/mol. The van der Waals surface area contributed by atoms with E-state index in [2.05, 4.69) is 24.4 Å². The van der Waals surface area contributed by atoms with Gasteiger partial charge in [0.15, 0.2) is 0 Å². The quantitative estimate of drug-likeness (QED) is 0.842. The molecule has 6 heteroatoms. The van der Waals surface area contributed by atoms with Crippen molar-refractivity contribution in [2.75, 3.05) is 0 Å². The maximum Gasteiger partial charge on any atom is 0.251 e. The Kier molecular flexibility index (Phi) is 5.75. The summed E-state index contributed by atoms with van der Waals surface area (Å²) >= 11 is 0. The van der Waals surface area contributed by atoms with Crippen LogP contribution in [0.2, 0.25) is 0 Å². The Balaban J connectivity index is 2.03. The number of amides is 1. The average molecular weight is 346 g/mol. The standard InChI is InChI=1S/C18H22N2O3S/c1-3-14-4-8-16(9-5-14)13(2)20-18(21)17-10-6-15(7-11-17)12-24(19,22)23/h4-11,13H,3,12H2,1-2H3,(H,20,21)(H2,19,22,23)/t13-/m1/s1. The van der Waals surface area contributed by atoms with Gasteiger partial charge in [0.25, 0.3) is 5.91 Å². The van der Waals surface area contributed by atoms with Crippen LogP contribution in [0.1, 0.15) is 46.9 Å². The van der Waals surface area contributed by atoms with Crippen molar-refractivity contribution in [2.24, 2.45) is 5.14 Å². The number of carbonyl (C=O) groups is 1. The number of sulfonamides is 1. The van der Waals surface area contributed by atoms with Crippen molar-refractivity contribution in [1.29, 1.82) is 0 Å². The molecule has 0 bridgehead atoms. The fourth-order valence-electron chi connectivity index (χ4n) is 2.39. The van der Waals surface area contributed by atoms with Crippen LogP contribution in [0.25, 0.3) is 0 Å². The number of aryl methyl sites for hydroxylation is 1. The van der Waals surface area contributed by atoms with Gasteiger partial charge < -0.3 is 5.32 Å². The van der Waals surface area contributed by atoms with E-state index in [1.807, 2.05) is 19.1 Å². The molecule has 1 atom stereocenters. The van der Waals surface area contributed by atoms with Crippen LogP contribution in [0.3, 0.4) is 0 Å². The minimum absolute atomic E-state index is 0.118. The van der Waals surface area contributed by atoms with Gasteiger partial charge in [-0.1, -0.05) is 43.3 Å². The molecule has 0 saturated carbocycles. The lowest BCUT2D eigenvalue weighted by atomic mass is 10.0. The smallest absolute Gasteiger partial charge is 0.251 e. The lowest BCUT2D eigenvalue weighted by Crippen LogP contribution is -2.26. The second-order valence-electron chi connectivity index (χ2n) is 5.79. The number of primary sulfonamides is 1. The van der Waals surface area contributed by atoms with E-state index in [-0.39, 0.29) is 17.7 Å². The number of benzene rings is 2. The molecule has 2 aromatic rings. The minimum Gasteiger partial charge on any atom is -0.346 e. The van der Waals surface area contributed by atoms with Gasteiger partial charge in [-0.05, 0) is 42.2 Å². The number of hydrogen-bond donors (Lipinski definition) is 2. The van der Waals surface area contributed by atoms with Gasteiger partial charge in [0.2, 0.25) is 10.0 Å². The number of nitrogens with two attached hydrogens (primary N) is 1. The molecule has 5 nitrogen and oxygen atoms in total. The molecule has 1 amide bonds. The van der Waals surface area contributed by atoms with Gasteiger partial charge in [-0.3, -0.25) is 4.79 Å². The second-order valence-corrected chi connectivity index (χ2v) is 7.41. The first kappa shape index (κ1) is 18.2. The van der Waals surface area contributed by atoms with Crippen molar-refractivity contribution >= 4 is 15.9 Å². The molecule has 3 N–H and O–H groups in total. The highest BCUT2D eigenvalue weighted by atomic mass is 32.2. The molecule has 2 rings (SSSR count). The zero-order valence-electron chi connectivity index (χ0n) is 13.8. The third kappa shape index (κ3) is 5.18. The molecule has 2 aromatic carbocycles. The summed E-state index contributed by atoms with van der Waals surface area (Å²) in [5.41, 5.74) is 3.32. The Morgan fingerprint density at radius 1 is 1.04 bits per heavy atom. The maximum atomic E-state index is 12.3. The summed E-state index contributed by atoms with van der Waals surface area (Å²) in [7, 11) is -3.57. The summed E-state index contributed by atoms with van der Waals surface area (Å²) in [6, 6.07) is 14.4. The van der Waals surface area contributed by atoms with Crippen LogP contribution in [-0.2, 0) is 22.2 Å². The van der Waals surface area contributed by atoms with Gasteiger partial charge >= 0.3 is 0 Å². The monoisotopic (exact) mass is 346 g/mol. The van der Waals surface area contributed by atoms with Crippen molar-refractivity contribution in [3.05, 3.63) is 70.8 Å². The van der Waals surface area contributed by atoms with Crippen LogP contribution in [0, 0.1) is 0 Å². The van der Waals surface area contributed by atoms with Gasteiger partial charge in [-0.15, -0.1) is 0 Å². The van der Waals surface area contributed by atoms with E-state index in [0.717, 1.165) is 12.0 Å². The van der Waals surface area contributed by atoms with E-state index in [9.17, 15) is 13.2 Å². The highest BCUT2D eigenvalue weighted by Gasteiger charge is 2.12. The minimum atomic E-state index is -3.57. The van der Waals surface area contributed by atoms with Crippen LogP contribution in [0.4, 0.5) is 0 Å². The largest absolute Gasteiger partial charge is 0.346 e. The molecule has 128 valence electrons. The summed E-state index contributed by atoms with van der Waals surface area (Å²) in [6.07, 6.45) is 0.978. The molecular formula is C18H22N2O3S. The van der Waals surface area contributed by atoms with Gasteiger partial charge in [0, 0.05) is 5.56 Å². The first-order chi connectivity index (χ1) is 11.3. The molecule has 0 aromatic heterocycles. The molecule has 0 aliphatic carbocycles. The van der Waals surface area contributed by atoms with Gasteiger partial charge in [-0.25, -0.2) is 13.6 Å². The van der Waals surface area contributed by atoms with Crippen molar-refractivity contribution in [3.8, 4) is 0 Å². The lowest BCUT2D eigenvalue weighted by Gasteiger charge is -2.15. The van der Waals surface area contributed by atoms with E-state index in [4.69, 9.17) is 5.14 Å². The zero-order valence-corrected chi connectivity index (χ0v) is 14.6. The Morgan fingerprint density at radius 3 is 2.08 bits per heavy atom. The molecule has 0 saturated heterocycles. The maximum absolute atomic E-state index is 12.3. The fourth-order valence-corrected chi connectivity index (χ4v) is 3.05. The first-order valence-corrected chi connectivity index (χ1v) is 9.49. The topological polar surface area (TPSA) is 89.3 Å². The summed E-state index contributed by atoms with van der Waals surface area (Å²) in [4.78, 5) is 12.3. The number of nitrogens with one attached hydrogen (secondary N) is 1. The highest BCUT2D eigenvalue weighted by molar-refractivity contribution is 7.88. The third-order valence-corrected chi connectivity index (χ3v) is 4.56. The number of carbonyl (C=O) groups excluding carboxylic acids is 1. The SMILES string of the molecule is CCc1ccc([C@@H](C)NC(=O)c2ccc(CS(N)(=O)=O)cc2)cc1. The van der Waals surface area contributed by atoms with Crippen LogP contribution >= 0.6 is 0 Å².